The van der Waals surface area contributed by atoms with Crippen LogP contribution in [0.5, 0.6) is 0 Å². The summed E-state index contributed by atoms with van der Waals surface area (Å²) in [6.07, 6.45) is 18.1. The molecule has 0 amide bonds. The summed E-state index contributed by atoms with van der Waals surface area (Å²) in [6.45, 7) is 10.7. The third-order valence-corrected chi connectivity index (χ3v) is 6.52. The van der Waals surface area contributed by atoms with Gasteiger partial charge < -0.3 is 10.6 Å². The van der Waals surface area contributed by atoms with Gasteiger partial charge in [-0.3, -0.25) is 6.08 Å². The maximum Gasteiger partial charge on any atom is 0.00452 e. The van der Waals surface area contributed by atoms with Crippen molar-refractivity contribution < 1.29 is 25.8 Å². The minimum atomic E-state index is 0. The Labute approximate surface area is 259 Å². The number of nitrogens with zero attached hydrogens (tertiary/aromatic N) is 1. The molecule has 1 unspecified atom stereocenters. The Kier molecular flexibility index (Phi) is 33.8. The Bertz CT molecular complexity index is 654. The minimum Gasteiger partial charge on any atom is -0.675 e. The number of hydrogen-bond donors (Lipinski definition) is 0. The van der Waals surface area contributed by atoms with E-state index in [-0.39, 0.29) is 56.7 Å². The van der Waals surface area contributed by atoms with Gasteiger partial charge in [-0.2, -0.15) is 35.4 Å². The molecule has 0 aliphatic heterocycles. The van der Waals surface area contributed by atoms with Crippen LogP contribution < -0.4 is 4.90 Å². The molecule has 2 aliphatic rings. The number of allylic oxidation sites excluding steroid dienone is 4. The van der Waals surface area contributed by atoms with Crippen molar-refractivity contribution in [2.24, 2.45) is 5.92 Å². The number of para-hydroxylation sites is 1. The van der Waals surface area contributed by atoms with Crippen LogP contribution in [0.1, 0.15) is 98.3 Å². The normalized spacial score (nSPS) is 18.1. The molecule has 1 atom stereocenters. The van der Waals surface area contributed by atoms with Crippen LogP contribution in [0.15, 0.2) is 41.0 Å². The van der Waals surface area contributed by atoms with Crippen molar-refractivity contribution in [1.82, 2.24) is 0 Å². The summed E-state index contributed by atoms with van der Waals surface area (Å²) in [7, 11) is 5.87. The van der Waals surface area contributed by atoms with Gasteiger partial charge in [-0.1, -0.05) is 110 Å². The van der Waals surface area contributed by atoms with Crippen LogP contribution in [0.3, 0.4) is 0 Å². The molecule has 1 saturated carbocycles. The summed E-state index contributed by atoms with van der Waals surface area (Å²) in [5, 5.41) is 0. The molecule has 1 fully saturated rings. The molecule has 0 spiro atoms. The Morgan fingerprint density at radius 3 is 1.53 bits per heavy atom. The van der Waals surface area contributed by atoms with Crippen molar-refractivity contribution in [2.45, 2.75) is 111 Å². The van der Waals surface area contributed by atoms with E-state index in [1.165, 1.54) is 74.5 Å². The fourth-order valence-corrected chi connectivity index (χ4v) is 3.99. The number of anilines is 1. The van der Waals surface area contributed by atoms with E-state index in [4.69, 9.17) is 5.73 Å². The van der Waals surface area contributed by atoms with Gasteiger partial charge in [0.05, 0.1) is 0 Å². The van der Waals surface area contributed by atoms with Crippen LogP contribution in [0.4, 0.5) is 5.69 Å². The molecular formula is C30H54Cl2HfN2Si-3. The van der Waals surface area contributed by atoms with Gasteiger partial charge in [0.25, 0.3) is 0 Å². The Morgan fingerprint density at radius 2 is 1.28 bits per heavy atom. The molecule has 1 aromatic carbocycles. The quantitative estimate of drug-likeness (QED) is 0.210. The average molecular weight is 720 g/mol. The number of rotatable bonds is 1. The molecule has 6 heteroatoms. The van der Waals surface area contributed by atoms with Gasteiger partial charge in [0, 0.05) is 50.2 Å². The molecule has 0 aromatic heterocycles. The zero-order valence-corrected chi connectivity index (χ0v) is 30.9. The van der Waals surface area contributed by atoms with Crippen LogP contribution in [-0.4, -0.2) is 30.4 Å². The van der Waals surface area contributed by atoms with Crippen molar-refractivity contribution in [3.63, 3.8) is 0 Å². The van der Waals surface area contributed by atoms with E-state index >= 15 is 0 Å². The number of nitrogens with one attached hydrogen (secondary N) is 1. The van der Waals surface area contributed by atoms with E-state index in [1.807, 2.05) is 60.1 Å². The second-order valence-corrected chi connectivity index (χ2v) is 9.40. The predicted molar refractivity (Wildman–Crippen MR) is 167 cm³/mol. The average Bonchev–Trinajstić information content (AvgIpc) is 3.04. The second-order valence-electron chi connectivity index (χ2n) is 9.40. The Morgan fingerprint density at radius 1 is 0.833 bits per heavy atom. The van der Waals surface area contributed by atoms with E-state index in [2.05, 4.69) is 39.8 Å². The molecule has 1 N–H and O–H groups in total. The van der Waals surface area contributed by atoms with Crippen molar-refractivity contribution in [1.29, 1.82) is 0 Å². The van der Waals surface area contributed by atoms with Gasteiger partial charge in [0.2, 0.25) is 0 Å². The monoisotopic (exact) mass is 720 g/mol. The van der Waals surface area contributed by atoms with Crippen LogP contribution in [0.25, 0.3) is 5.73 Å². The topological polar surface area (TPSA) is 27.0 Å². The number of hydrogen-bond acceptors (Lipinski definition) is 1. The minimum absolute atomic E-state index is 0. The molecular weight excluding hydrogens is 666 g/mol. The van der Waals surface area contributed by atoms with E-state index in [0.29, 0.717) is 5.92 Å². The maximum absolute atomic E-state index is 7.80. The van der Waals surface area contributed by atoms with Crippen molar-refractivity contribution in [2.75, 3.05) is 19.0 Å². The standard InChI is InChI=1S/C12H24N.C9H13.C8H10N.CH5Si.2ClH.Hf/c13-12-10-8-6-4-2-1-3-5-7-9-11-12;1-6-5-7(2)9(4)8(6)3;1-9(2)8-6-4-3-5-7-8;1-2;;;/h12-13H,1-11H2;6H,1-4H3;3-6H,1-2H3;2H2,1H3;2*1H;/q3*-1;;;;. The van der Waals surface area contributed by atoms with Crippen LogP contribution in [-0.2, 0) is 25.8 Å². The molecule has 2 nitrogen and oxygen atoms in total. The number of benzene rings is 1. The molecule has 36 heavy (non-hydrogen) atoms. The molecule has 0 saturated heterocycles. The summed E-state index contributed by atoms with van der Waals surface area (Å²) in [5.41, 5.74) is 13.2. The molecule has 0 heterocycles. The van der Waals surface area contributed by atoms with Crippen LogP contribution in [0, 0.1) is 18.1 Å². The molecule has 3 rings (SSSR count). The zero-order chi connectivity index (χ0) is 25.1. The van der Waals surface area contributed by atoms with E-state index in [1.54, 1.807) is 0 Å². The van der Waals surface area contributed by atoms with Crippen molar-refractivity contribution in [3.8, 4) is 0 Å². The summed E-state index contributed by atoms with van der Waals surface area (Å²) >= 11 is 0. The first-order valence-electron chi connectivity index (χ1n) is 13.2. The zero-order valence-electron chi connectivity index (χ0n) is 24.2. The van der Waals surface area contributed by atoms with Gasteiger partial charge in [-0.05, 0) is 0 Å². The van der Waals surface area contributed by atoms with Crippen molar-refractivity contribution in [3.05, 3.63) is 58.9 Å². The van der Waals surface area contributed by atoms with E-state index in [9.17, 15) is 0 Å². The predicted octanol–water partition coefficient (Wildman–Crippen LogP) is 9.50. The van der Waals surface area contributed by atoms with Gasteiger partial charge in [0.1, 0.15) is 0 Å². The van der Waals surface area contributed by atoms with Crippen LogP contribution >= 0.6 is 24.8 Å². The maximum atomic E-state index is 7.80. The largest absolute Gasteiger partial charge is 0.675 e. The smallest absolute Gasteiger partial charge is 0.00452 e. The van der Waals surface area contributed by atoms with Crippen LogP contribution in [0.2, 0.25) is 6.55 Å². The fourth-order valence-electron chi connectivity index (χ4n) is 3.99. The Hall–Kier alpha value is 0.127. The SMILES string of the molecule is CC1=[C-]C(C)C(C)=C1C.CN(C)c1[c-]cccc1.C[SiH2].Cl.Cl.[Hf].[NH-]C1CCCCCCCCCCC1. The third kappa shape index (κ3) is 21.1. The van der Waals surface area contributed by atoms with E-state index in [0.717, 1.165) is 18.5 Å². The van der Waals surface area contributed by atoms with Crippen molar-refractivity contribution >= 4 is 40.7 Å². The second kappa shape index (κ2) is 28.1. The molecule has 0 bridgehead atoms. The molecule has 2 aliphatic carbocycles. The first-order valence-corrected chi connectivity index (χ1v) is 14.6. The van der Waals surface area contributed by atoms with E-state index < -0.39 is 0 Å². The number of halogens is 2. The first-order chi connectivity index (χ1) is 15.8. The third-order valence-electron chi connectivity index (χ3n) is 6.52. The van der Waals surface area contributed by atoms with Gasteiger partial charge in [-0.25, -0.2) is 5.57 Å². The fraction of sp³-hybridized carbons (Fsp3) is 0.667. The van der Waals surface area contributed by atoms with Gasteiger partial charge in [0.15, 0.2) is 0 Å². The van der Waals surface area contributed by atoms with Gasteiger partial charge in [-0.15, -0.1) is 43.8 Å². The molecule has 209 valence electrons. The summed E-state index contributed by atoms with van der Waals surface area (Å²) in [4.78, 5) is 2.03. The Balaban J connectivity index is -0.000000202. The molecule has 1 aromatic rings. The summed E-state index contributed by atoms with van der Waals surface area (Å²) in [5.74, 6) is 0.560. The first kappa shape index (κ1) is 43.2. The molecule has 1 radical (unpaired) electrons. The summed E-state index contributed by atoms with van der Waals surface area (Å²) in [6, 6.07) is 11.3. The van der Waals surface area contributed by atoms with Gasteiger partial charge >= 0.3 is 0 Å². The summed E-state index contributed by atoms with van der Waals surface area (Å²) < 4.78 is 0.